The fourth-order valence-electron chi connectivity index (χ4n) is 3.94. The Balaban J connectivity index is 1.97. The molecule has 0 aliphatic rings. The maximum absolute atomic E-state index is 12.9. The van der Waals surface area contributed by atoms with E-state index in [1.54, 1.807) is 49.5 Å². The molecule has 174 valence electrons. The quantitative estimate of drug-likeness (QED) is 0.489. The molecule has 33 heavy (non-hydrogen) atoms. The summed E-state index contributed by atoms with van der Waals surface area (Å²) in [6.45, 7) is 4.60. The largest absolute Gasteiger partial charge is 0.481 e. The van der Waals surface area contributed by atoms with Crippen LogP contribution in [0.1, 0.15) is 34.9 Å². The molecule has 8 nitrogen and oxygen atoms in total. The van der Waals surface area contributed by atoms with E-state index >= 15 is 0 Å². The summed E-state index contributed by atoms with van der Waals surface area (Å²) in [5.74, 6) is -0.933. The van der Waals surface area contributed by atoms with Gasteiger partial charge in [0, 0.05) is 32.1 Å². The van der Waals surface area contributed by atoms with Crippen molar-refractivity contribution < 1.29 is 23.1 Å². The molecule has 1 aromatic carbocycles. The maximum Gasteiger partial charge on any atom is 0.309 e. The Morgan fingerprint density at radius 2 is 1.94 bits per heavy atom. The third kappa shape index (κ3) is 5.09. The van der Waals surface area contributed by atoms with Crippen molar-refractivity contribution in [2.45, 2.75) is 31.6 Å². The fourth-order valence-corrected chi connectivity index (χ4v) is 5.38. The van der Waals surface area contributed by atoms with Gasteiger partial charge in [-0.3, -0.25) is 4.79 Å². The number of nitriles is 1. The third-order valence-electron chi connectivity index (χ3n) is 5.73. The number of hydrogen-bond acceptors (Lipinski definition) is 5. The van der Waals surface area contributed by atoms with Crippen molar-refractivity contribution in [3.63, 3.8) is 0 Å². The summed E-state index contributed by atoms with van der Waals surface area (Å²) in [7, 11) is -2.09. The first-order chi connectivity index (χ1) is 15.7. The van der Waals surface area contributed by atoms with Crippen LogP contribution in [-0.2, 0) is 32.4 Å². The molecule has 3 aromatic rings. The third-order valence-corrected chi connectivity index (χ3v) is 7.72. The van der Waals surface area contributed by atoms with Gasteiger partial charge in [0.1, 0.15) is 0 Å². The zero-order valence-corrected chi connectivity index (χ0v) is 19.7. The standard InChI is InChI=1S/C24H27N3O5S/c1-4-26(11-12-32-3)33(30,31)20-7-5-18(6-8-20)13-21-17(2)22(15-24(28)29)27-10-9-19(16-25)14-23(21)27/h5-10,14H,4,11-13,15H2,1-3H3,(H,28,29). The number of carboxylic acid groups (broad SMARTS) is 1. The van der Waals surface area contributed by atoms with Gasteiger partial charge in [-0.25, -0.2) is 8.42 Å². The molecule has 0 bridgehead atoms. The lowest BCUT2D eigenvalue weighted by Crippen LogP contribution is -2.33. The molecule has 0 unspecified atom stereocenters. The molecule has 0 atom stereocenters. The van der Waals surface area contributed by atoms with Crippen molar-refractivity contribution in [2.75, 3.05) is 26.8 Å². The number of hydrogen-bond donors (Lipinski definition) is 1. The summed E-state index contributed by atoms with van der Waals surface area (Å²) in [6.07, 6.45) is 2.06. The van der Waals surface area contributed by atoms with Crippen LogP contribution in [0.3, 0.4) is 0 Å². The Hall–Kier alpha value is -3.19. The highest BCUT2D eigenvalue weighted by Gasteiger charge is 2.23. The maximum atomic E-state index is 12.9. The summed E-state index contributed by atoms with van der Waals surface area (Å²) in [6, 6.07) is 12.3. The number of likely N-dealkylation sites (N-methyl/N-ethyl adjacent to an activating group) is 1. The molecule has 0 aliphatic heterocycles. The molecule has 9 heteroatoms. The minimum absolute atomic E-state index is 0.135. The van der Waals surface area contributed by atoms with E-state index < -0.39 is 16.0 Å². The van der Waals surface area contributed by atoms with Crippen LogP contribution in [0.15, 0.2) is 47.5 Å². The second-order valence-corrected chi connectivity index (χ2v) is 9.65. The van der Waals surface area contributed by atoms with Gasteiger partial charge < -0.3 is 14.2 Å². The number of aromatic nitrogens is 1. The zero-order valence-electron chi connectivity index (χ0n) is 18.9. The van der Waals surface area contributed by atoms with Crippen LogP contribution >= 0.6 is 0 Å². The number of rotatable bonds is 10. The second-order valence-electron chi connectivity index (χ2n) is 7.71. The van der Waals surface area contributed by atoms with Crippen molar-refractivity contribution in [1.29, 1.82) is 5.26 Å². The highest BCUT2D eigenvalue weighted by Crippen LogP contribution is 2.28. The number of fused-ring (bicyclic) bond motifs is 1. The van der Waals surface area contributed by atoms with Gasteiger partial charge in [-0.2, -0.15) is 9.57 Å². The average molecular weight is 470 g/mol. The SMILES string of the molecule is CCN(CCOC)S(=O)(=O)c1ccc(Cc2c(C)c(CC(=O)O)n3ccc(C#N)cc23)cc1. The summed E-state index contributed by atoms with van der Waals surface area (Å²) >= 11 is 0. The van der Waals surface area contributed by atoms with E-state index in [0.717, 1.165) is 22.2 Å². The van der Waals surface area contributed by atoms with Gasteiger partial charge in [0.15, 0.2) is 0 Å². The minimum atomic E-state index is -3.63. The number of methoxy groups -OCH3 is 1. The number of pyridine rings is 1. The van der Waals surface area contributed by atoms with Crippen LogP contribution < -0.4 is 0 Å². The summed E-state index contributed by atoms with van der Waals surface area (Å²) in [5.41, 5.74) is 4.56. The van der Waals surface area contributed by atoms with Crippen LogP contribution in [0.2, 0.25) is 0 Å². The van der Waals surface area contributed by atoms with E-state index in [2.05, 4.69) is 6.07 Å². The monoisotopic (exact) mass is 469 g/mol. The molecule has 2 heterocycles. The van der Waals surface area contributed by atoms with Crippen molar-refractivity contribution in [3.8, 4) is 6.07 Å². The Bertz CT molecular complexity index is 1300. The number of carboxylic acids is 1. The van der Waals surface area contributed by atoms with E-state index in [9.17, 15) is 23.6 Å². The lowest BCUT2D eigenvalue weighted by atomic mass is 10.0. The van der Waals surface area contributed by atoms with Gasteiger partial charge in [-0.1, -0.05) is 19.1 Å². The molecule has 0 fully saturated rings. The van der Waals surface area contributed by atoms with Gasteiger partial charge in [0.2, 0.25) is 10.0 Å². The average Bonchev–Trinajstić information content (AvgIpc) is 3.04. The Labute approximate surface area is 193 Å². The van der Waals surface area contributed by atoms with Gasteiger partial charge in [-0.05, 0) is 54.3 Å². The number of sulfonamides is 1. The molecule has 1 N–H and O–H groups in total. The molecule has 2 aromatic heterocycles. The lowest BCUT2D eigenvalue weighted by molar-refractivity contribution is -0.136. The molecular weight excluding hydrogens is 442 g/mol. The molecule has 0 radical (unpaired) electrons. The lowest BCUT2D eigenvalue weighted by Gasteiger charge is -2.20. The predicted molar refractivity (Wildman–Crippen MR) is 124 cm³/mol. The topological polar surface area (TPSA) is 112 Å². The van der Waals surface area contributed by atoms with E-state index in [1.807, 2.05) is 11.3 Å². The highest BCUT2D eigenvalue weighted by molar-refractivity contribution is 7.89. The molecule has 0 spiro atoms. The molecular formula is C24H27N3O5S. The van der Waals surface area contributed by atoms with Crippen LogP contribution in [0, 0.1) is 18.3 Å². The normalized spacial score (nSPS) is 11.7. The highest BCUT2D eigenvalue weighted by atomic mass is 32.2. The van der Waals surface area contributed by atoms with Crippen LogP contribution in [0.25, 0.3) is 5.52 Å². The molecule has 0 saturated heterocycles. The van der Waals surface area contributed by atoms with Crippen LogP contribution in [0.5, 0.6) is 0 Å². The summed E-state index contributed by atoms with van der Waals surface area (Å²) < 4.78 is 34.1. The van der Waals surface area contributed by atoms with E-state index in [1.165, 1.54) is 11.4 Å². The number of benzene rings is 1. The second kappa shape index (κ2) is 10.2. The van der Waals surface area contributed by atoms with Gasteiger partial charge in [0.25, 0.3) is 0 Å². The van der Waals surface area contributed by atoms with Crippen LogP contribution in [0.4, 0.5) is 0 Å². The Kier molecular flexibility index (Phi) is 7.53. The first-order valence-electron chi connectivity index (χ1n) is 10.5. The fraction of sp³-hybridized carbons (Fsp3) is 0.333. The summed E-state index contributed by atoms with van der Waals surface area (Å²) in [5, 5.41) is 18.6. The summed E-state index contributed by atoms with van der Waals surface area (Å²) in [4.78, 5) is 11.6. The number of ether oxygens (including phenoxy) is 1. The van der Waals surface area contributed by atoms with Gasteiger partial charge in [0.05, 0.1) is 35.1 Å². The van der Waals surface area contributed by atoms with Gasteiger partial charge in [-0.15, -0.1) is 0 Å². The van der Waals surface area contributed by atoms with Crippen molar-refractivity contribution in [1.82, 2.24) is 8.71 Å². The van der Waals surface area contributed by atoms with Crippen LogP contribution in [-0.4, -0.2) is 55.0 Å². The van der Waals surface area contributed by atoms with Gasteiger partial charge >= 0.3 is 5.97 Å². The van der Waals surface area contributed by atoms with Crippen molar-refractivity contribution in [2.24, 2.45) is 0 Å². The smallest absolute Gasteiger partial charge is 0.309 e. The van der Waals surface area contributed by atoms with E-state index in [4.69, 9.17) is 4.74 Å². The molecule has 3 rings (SSSR count). The Morgan fingerprint density at radius 1 is 1.24 bits per heavy atom. The minimum Gasteiger partial charge on any atom is -0.481 e. The first kappa shape index (κ1) is 24.5. The number of aliphatic carboxylic acids is 1. The van der Waals surface area contributed by atoms with Crippen molar-refractivity contribution in [3.05, 3.63) is 70.5 Å². The predicted octanol–water partition coefficient (Wildman–Crippen LogP) is 2.99. The molecule has 0 saturated carbocycles. The molecule has 0 amide bonds. The molecule has 0 aliphatic carbocycles. The number of carbonyl (C=O) groups is 1. The zero-order chi connectivity index (χ0) is 24.2. The number of nitrogens with zero attached hydrogens (tertiary/aromatic N) is 3. The Morgan fingerprint density at radius 3 is 2.52 bits per heavy atom. The first-order valence-corrected chi connectivity index (χ1v) is 12.0. The van der Waals surface area contributed by atoms with Crippen molar-refractivity contribution >= 4 is 21.5 Å². The van der Waals surface area contributed by atoms with E-state index in [-0.39, 0.29) is 17.9 Å². The van der Waals surface area contributed by atoms with E-state index in [0.29, 0.717) is 30.8 Å².